The van der Waals surface area contributed by atoms with E-state index in [1.54, 1.807) is 24.3 Å². The van der Waals surface area contributed by atoms with Crippen LogP contribution in [0.5, 0.6) is 0 Å². The van der Waals surface area contributed by atoms with Gasteiger partial charge in [-0.3, -0.25) is 5.01 Å². The lowest BCUT2D eigenvalue weighted by Gasteiger charge is -2.24. The summed E-state index contributed by atoms with van der Waals surface area (Å²) in [6.45, 7) is 2.03. The molecule has 0 bridgehead atoms. The van der Waals surface area contributed by atoms with Gasteiger partial charge in [0.15, 0.2) is 0 Å². The fraction of sp³-hybridized carbons (Fsp3) is 0.136. The molecular weight excluding hydrogens is 389 g/mol. The van der Waals surface area contributed by atoms with Gasteiger partial charge in [0.2, 0.25) is 10.0 Å². The highest BCUT2D eigenvalue weighted by Gasteiger charge is 2.30. The maximum absolute atomic E-state index is 13.4. The van der Waals surface area contributed by atoms with Crippen LogP contribution in [0.4, 0.5) is 10.1 Å². The first-order valence-electron chi connectivity index (χ1n) is 9.13. The Balaban J connectivity index is 1.74. The first-order chi connectivity index (χ1) is 13.8. The molecule has 0 fully saturated rings. The van der Waals surface area contributed by atoms with Crippen LogP contribution in [0.2, 0.25) is 0 Å². The number of anilines is 1. The van der Waals surface area contributed by atoms with E-state index >= 15 is 0 Å². The summed E-state index contributed by atoms with van der Waals surface area (Å²) in [5.41, 5.74) is 4.75. The second kappa shape index (κ2) is 7.42. The van der Waals surface area contributed by atoms with Crippen LogP contribution >= 0.6 is 0 Å². The lowest BCUT2D eigenvalue weighted by Crippen LogP contribution is -2.19. The molecule has 4 rings (SSSR count). The molecule has 0 radical (unpaired) electrons. The van der Waals surface area contributed by atoms with Crippen LogP contribution in [0, 0.1) is 12.7 Å². The van der Waals surface area contributed by atoms with Gasteiger partial charge in [0, 0.05) is 6.42 Å². The Morgan fingerprint density at radius 2 is 1.59 bits per heavy atom. The van der Waals surface area contributed by atoms with E-state index in [1.807, 2.05) is 36.2 Å². The third-order valence-corrected chi connectivity index (χ3v) is 5.91. The minimum Gasteiger partial charge on any atom is -0.257 e. The Morgan fingerprint density at radius 1 is 0.966 bits per heavy atom. The van der Waals surface area contributed by atoms with Crippen molar-refractivity contribution >= 4 is 21.4 Å². The largest absolute Gasteiger partial charge is 0.257 e. The van der Waals surface area contributed by atoms with Crippen molar-refractivity contribution in [2.24, 2.45) is 10.2 Å². The number of hydrogen-bond donors (Lipinski definition) is 1. The summed E-state index contributed by atoms with van der Waals surface area (Å²) in [7, 11) is -3.77. The van der Waals surface area contributed by atoms with Gasteiger partial charge in [-0.25, -0.2) is 17.9 Å². The van der Waals surface area contributed by atoms with E-state index in [0.717, 1.165) is 28.1 Å². The fourth-order valence-corrected chi connectivity index (χ4v) is 3.92. The molecule has 1 aliphatic heterocycles. The molecule has 0 spiro atoms. The first kappa shape index (κ1) is 19.3. The molecule has 0 saturated carbocycles. The van der Waals surface area contributed by atoms with Crippen molar-refractivity contribution in [2.45, 2.75) is 24.3 Å². The van der Waals surface area contributed by atoms with E-state index in [1.165, 1.54) is 24.3 Å². The molecule has 2 N–H and O–H groups in total. The maximum atomic E-state index is 13.4. The monoisotopic (exact) mass is 409 g/mol. The van der Waals surface area contributed by atoms with Gasteiger partial charge < -0.3 is 0 Å². The number of benzene rings is 3. The van der Waals surface area contributed by atoms with Crippen LogP contribution in [0.25, 0.3) is 0 Å². The smallest absolute Gasteiger partial charge is 0.238 e. The number of nitrogens with zero attached hydrogens (tertiary/aromatic N) is 2. The highest BCUT2D eigenvalue weighted by atomic mass is 32.2. The van der Waals surface area contributed by atoms with Gasteiger partial charge in [0.1, 0.15) is 5.82 Å². The minimum absolute atomic E-state index is 0.0431. The van der Waals surface area contributed by atoms with Crippen LogP contribution in [-0.2, 0) is 10.0 Å². The van der Waals surface area contributed by atoms with E-state index in [2.05, 4.69) is 0 Å². The van der Waals surface area contributed by atoms with Crippen molar-refractivity contribution < 1.29 is 12.8 Å². The van der Waals surface area contributed by atoms with E-state index in [9.17, 15) is 12.8 Å². The third kappa shape index (κ3) is 4.06. The molecule has 0 saturated heterocycles. The summed E-state index contributed by atoms with van der Waals surface area (Å²) in [5.74, 6) is -0.296. The topological polar surface area (TPSA) is 75.8 Å². The molecule has 0 aliphatic carbocycles. The highest BCUT2D eigenvalue weighted by molar-refractivity contribution is 7.89. The van der Waals surface area contributed by atoms with Gasteiger partial charge >= 0.3 is 0 Å². The fourth-order valence-electron chi connectivity index (χ4n) is 3.40. The SMILES string of the molecule is Cc1ccc(C2=NN(c3ccc(S(N)(=O)=O)cc3)[C@H](c3ccc(F)cc3)C2)cc1. The zero-order valence-electron chi connectivity index (χ0n) is 15.8. The van der Waals surface area contributed by atoms with E-state index in [-0.39, 0.29) is 16.8 Å². The zero-order valence-corrected chi connectivity index (χ0v) is 16.6. The molecule has 1 atom stereocenters. The van der Waals surface area contributed by atoms with Crippen LogP contribution in [-0.4, -0.2) is 14.1 Å². The Bertz CT molecular complexity index is 1160. The van der Waals surface area contributed by atoms with Crippen molar-refractivity contribution in [1.82, 2.24) is 0 Å². The molecule has 7 heteroatoms. The van der Waals surface area contributed by atoms with E-state index < -0.39 is 10.0 Å². The molecule has 1 aliphatic rings. The molecule has 5 nitrogen and oxygen atoms in total. The quantitative estimate of drug-likeness (QED) is 0.704. The maximum Gasteiger partial charge on any atom is 0.238 e. The average molecular weight is 409 g/mol. The van der Waals surface area contributed by atoms with Gasteiger partial charge in [-0.2, -0.15) is 5.10 Å². The average Bonchev–Trinajstić information content (AvgIpc) is 3.14. The molecule has 148 valence electrons. The molecule has 0 unspecified atom stereocenters. The molecule has 0 aromatic heterocycles. The first-order valence-corrected chi connectivity index (χ1v) is 10.7. The number of halogens is 1. The Labute approximate surface area is 169 Å². The number of hydrazone groups is 1. The zero-order chi connectivity index (χ0) is 20.6. The molecule has 3 aromatic rings. The summed E-state index contributed by atoms with van der Waals surface area (Å²) >= 11 is 0. The summed E-state index contributed by atoms with van der Waals surface area (Å²) in [6.07, 6.45) is 0.644. The number of rotatable bonds is 4. The van der Waals surface area contributed by atoms with Crippen molar-refractivity contribution in [3.63, 3.8) is 0 Å². The minimum atomic E-state index is -3.77. The van der Waals surface area contributed by atoms with Crippen molar-refractivity contribution in [3.8, 4) is 0 Å². The van der Waals surface area contributed by atoms with Gasteiger partial charge in [-0.1, -0.05) is 42.0 Å². The summed E-state index contributed by atoms with van der Waals surface area (Å²) in [4.78, 5) is 0.0431. The number of aryl methyl sites for hydroxylation is 1. The third-order valence-electron chi connectivity index (χ3n) is 4.98. The van der Waals surface area contributed by atoms with Crippen LogP contribution < -0.4 is 10.1 Å². The van der Waals surface area contributed by atoms with E-state index in [0.29, 0.717) is 6.42 Å². The molecule has 0 amide bonds. The van der Waals surface area contributed by atoms with Gasteiger partial charge in [-0.15, -0.1) is 0 Å². The Morgan fingerprint density at radius 3 is 2.17 bits per heavy atom. The van der Waals surface area contributed by atoms with Crippen LogP contribution in [0.1, 0.15) is 29.2 Å². The van der Waals surface area contributed by atoms with Gasteiger partial charge in [-0.05, 0) is 54.4 Å². The van der Waals surface area contributed by atoms with Crippen molar-refractivity contribution in [3.05, 3.63) is 95.3 Å². The summed E-state index contributed by atoms with van der Waals surface area (Å²) in [6, 6.07) is 20.6. The van der Waals surface area contributed by atoms with Gasteiger partial charge in [0.05, 0.1) is 22.3 Å². The Hall–Kier alpha value is -3.03. The van der Waals surface area contributed by atoms with Crippen LogP contribution in [0.3, 0.4) is 0 Å². The van der Waals surface area contributed by atoms with Crippen molar-refractivity contribution in [1.29, 1.82) is 0 Å². The predicted molar refractivity (Wildman–Crippen MR) is 112 cm³/mol. The summed E-state index contributed by atoms with van der Waals surface area (Å²) < 4.78 is 36.5. The Kier molecular flexibility index (Phi) is 4.94. The molecule has 1 heterocycles. The summed E-state index contributed by atoms with van der Waals surface area (Å²) in [5, 5.41) is 11.8. The standard InChI is InChI=1S/C22H20FN3O2S/c1-15-2-4-16(5-3-15)21-14-22(17-6-8-18(23)9-7-17)26(25-21)19-10-12-20(13-11-19)29(24,27)28/h2-13,22H,14H2,1H3,(H2,24,27,28)/t22-/m0/s1. The van der Waals surface area contributed by atoms with Crippen LogP contribution in [0.15, 0.2) is 82.8 Å². The number of sulfonamides is 1. The highest BCUT2D eigenvalue weighted by Crippen LogP contribution is 2.37. The molecule has 29 heavy (non-hydrogen) atoms. The van der Waals surface area contributed by atoms with E-state index in [4.69, 9.17) is 10.2 Å². The molecule has 3 aromatic carbocycles. The van der Waals surface area contributed by atoms with Crippen molar-refractivity contribution in [2.75, 3.05) is 5.01 Å². The normalized spacial score (nSPS) is 16.7. The molecular formula is C22H20FN3O2S. The lowest BCUT2D eigenvalue weighted by atomic mass is 9.98. The lowest BCUT2D eigenvalue weighted by molar-refractivity contribution is 0.597. The number of hydrogen-bond acceptors (Lipinski definition) is 4. The van der Waals surface area contributed by atoms with Gasteiger partial charge in [0.25, 0.3) is 0 Å². The number of nitrogens with two attached hydrogens (primary N) is 1. The second-order valence-corrected chi connectivity index (χ2v) is 8.63. The number of primary sulfonamides is 1. The second-order valence-electron chi connectivity index (χ2n) is 7.07. The predicted octanol–water partition coefficient (Wildman–Crippen LogP) is 4.14.